The molecule has 168 valence electrons. The van der Waals surface area contributed by atoms with Gasteiger partial charge in [-0.1, -0.05) is 13.8 Å². The van der Waals surface area contributed by atoms with Gasteiger partial charge in [-0.3, -0.25) is 20.0 Å². The summed E-state index contributed by atoms with van der Waals surface area (Å²) in [6.07, 6.45) is -1.73. The molecule has 0 spiro atoms. The first kappa shape index (κ1) is 22.4. The smallest absolute Gasteiger partial charge is 0.351 e. The SMILES string of the molecule is CC(C)[C@@H](N)C(=O)OC[C@H]1O[C@@H](n2ccc(NO)nc2=O)[C@@H]2OC(=O)/C=C\C(=O)OC21. The molecule has 0 aromatic carbocycles. The fourth-order valence-corrected chi connectivity index (χ4v) is 3.02. The van der Waals surface area contributed by atoms with Crippen molar-refractivity contribution in [3.05, 3.63) is 34.9 Å². The second-order valence-electron chi connectivity index (χ2n) is 7.22. The van der Waals surface area contributed by atoms with Crippen LogP contribution < -0.4 is 16.9 Å². The maximum absolute atomic E-state index is 12.4. The largest absolute Gasteiger partial charge is 0.462 e. The van der Waals surface area contributed by atoms with E-state index in [2.05, 4.69) is 4.98 Å². The van der Waals surface area contributed by atoms with Gasteiger partial charge in [-0.05, 0) is 12.0 Å². The van der Waals surface area contributed by atoms with Crippen molar-refractivity contribution >= 4 is 23.7 Å². The van der Waals surface area contributed by atoms with Gasteiger partial charge < -0.3 is 24.7 Å². The summed E-state index contributed by atoms with van der Waals surface area (Å²) >= 11 is 0. The van der Waals surface area contributed by atoms with Crippen LogP contribution in [0.4, 0.5) is 5.82 Å². The van der Waals surface area contributed by atoms with Crippen LogP contribution in [0.15, 0.2) is 29.2 Å². The number of carbonyl (C=O) groups is 3. The van der Waals surface area contributed by atoms with Crippen molar-refractivity contribution in [3.8, 4) is 0 Å². The standard InChI is InChI=1S/C18H22N4O9/c1-8(2)13(19)17(25)28-7-9-14-15(31-12(24)4-3-11(23)30-14)16(29-9)22-6-5-10(21-27)20-18(22)26/h3-6,8-9,13-16,27H,7,19H2,1-2H3,(H,20,21,26)/b4-3-/t9-,13-,14?,15-,16-/m1/s1. The maximum Gasteiger partial charge on any atom is 0.351 e. The number of esters is 3. The third-order valence-electron chi connectivity index (χ3n) is 4.74. The van der Waals surface area contributed by atoms with Crippen molar-refractivity contribution in [3.63, 3.8) is 0 Å². The normalized spacial score (nSPS) is 27.4. The third kappa shape index (κ3) is 4.90. The summed E-state index contributed by atoms with van der Waals surface area (Å²) in [5, 5.41) is 8.90. The van der Waals surface area contributed by atoms with Gasteiger partial charge in [0.2, 0.25) is 0 Å². The lowest BCUT2D eigenvalue weighted by Crippen LogP contribution is -2.44. The monoisotopic (exact) mass is 438 g/mol. The second-order valence-corrected chi connectivity index (χ2v) is 7.22. The highest BCUT2D eigenvalue weighted by Gasteiger charge is 2.51. The third-order valence-corrected chi connectivity index (χ3v) is 4.74. The number of aromatic nitrogens is 2. The minimum absolute atomic E-state index is 0.118. The Balaban J connectivity index is 1.89. The molecule has 1 saturated heterocycles. The van der Waals surface area contributed by atoms with Crippen molar-refractivity contribution in [1.29, 1.82) is 0 Å². The van der Waals surface area contributed by atoms with Gasteiger partial charge in [0.15, 0.2) is 24.3 Å². The zero-order valence-corrected chi connectivity index (χ0v) is 16.7. The highest BCUT2D eigenvalue weighted by atomic mass is 16.7. The molecule has 31 heavy (non-hydrogen) atoms. The van der Waals surface area contributed by atoms with Gasteiger partial charge in [0.05, 0.1) is 0 Å². The van der Waals surface area contributed by atoms with Gasteiger partial charge in [0.25, 0.3) is 0 Å². The lowest BCUT2D eigenvalue weighted by atomic mass is 10.1. The molecule has 13 nitrogen and oxygen atoms in total. The number of nitrogens with one attached hydrogen (secondary N) is 1. The van der Waals surface area contributed by atoms with Crippen LogP contribution in [0, 0.1) is 5.92 Å². The summed E-state index contributed by atoms with van der Waals surface area (Å²) in [7, 11) is 0. The fourth-order valence-electron chi connectivity index (χ4n) is 3.02. The molecule has 0 aliphatic carbocycles. The number of hydrogen-bond acceptors (Lipinski definition) is 12. The van der Waals surface area contributed by atoms with Gasteiger partial charge in [0.1, 0.15) is 18.8 Å². The van der Waals surface area contributed by atoms with Crippen LogP contribution in [0.1, 0.15) is 20.1 Å². The molecule has 0 radical (unpaired) electrons. The first-order valence-corrected chi connectivity index (χ1v) is 9.37. The van der Waals surface area contributed by atoms with Gasteiger partial charge >= 0.3 is 23.6 Å². The minimum Gasteiger partial charge on any atom is -0.462 e. The molecule has 13 heteroatoms. The number of nitrogens with zero attached hydrogens (tertiary/aromatic N) is 2. The number of nitrogens with two attached hydrogens (primary N) is 1. The van der Waals surface area contributed by atoms with Crippen LogP contribution in [0.2, 0.25) is 0 Å². The highest BCUT2D eigenvalue weighted by Crippen LogP contribution is 2.34. The van der Waals surface area contributed by atoms with Crippen LogP contribution in [0.3, 0.4) is 0 Å². The summed E-state index contributed by atoms with van der Waals surface area (Å²) in [5.74, 6) is -2.67. The Morgan fingerprint density at radius 2 is 1.90 bits per heavy atom. The van der Waals surface area contributed by atoms with E-state index in [1.165, 1.54) is 12.3 Å². The molecule has 0 bridgehead atoms. The van der Waals surface area contributed by atoms with Gasteiger partial charge in [0, 0.05) is 18.3 Å². The average molecular weight is 438 g/mol. The Morgan fingerprint density at radius 3 is 2.48 bits per heavy atom. The van der Waals surface area contributed by atoms with Crippen LogP contribution in [0.5, 0.6) is 0 Å². The molecular weight excluding hydrogens is 416 g/mol. The molecule has 0 amide bonds. The first-order valence-electron chi connectivity index (χ1n) is 9.37. The lowest BCUT2D eigenvalue weighted by Gasteiger charge is -2.25. The zero-order chi connectivity index (χ0) is 22.7. The van der Waals surface area contributed by atoms with E-state index in [4.69, 9.17) is 29.9 Å². The van der Waals surface area contributed by atoms with E-state index in [-0.39, 0.29) is 18.3 Å². The fraction of sp³-hybridized carbons (Fsp3) is 0.500. The topological polar surface area (TPSA) is 181 Å². The summed E-state index contributed by atoms with van der Waals surface area (Å²) in [6, 6.07) is 0.393. The number of carbonyl (C=O) groups excluding carboxylic acids is 3. The molecule has 2 aliphatic heterocycles. The van der Waals surface area contributed by atoms with Crippen molar-refractivity contribution in [2.24, 2.45) is 11.7 Å². The lowest BCUT2D eigenvalue weighted by molar-refractivity contribution is -0.165. The van der Waals surface area contributed by atoms with Gasteiger partial charge in [-0.2, -0.15) is 4.98 Å². The molecular formula is C18H22N4O9. The van der Waals surface area contributed by atoms with E-state index in [0.717, 1.165) is 16.7 Å². The first-order chi connectivity index (χ1) is 14.7. The minimum atomic E-state index is -1.25. The average Bonchev–Trinajstić information content (AvgIpc) is 3.04. The van der Waals surface area contributed by atoms with Gasteiger partial charge in [-0.25, -0.2) is 14.4 Å². The Morgan fingerprint density at radius 1 is 1.26 bits per heavy atom. The van der Waals surface area contributed by atoms with Crippen LogP contribution >= 0.6 is 0 Å². The summed E-state index contributed by atoms with van der Waals surface area (Å²) in [4.78, 5) is 52.0. The van der Waals surface area contributed by atoms with Crippen molar-refractivity contribution in [1.82, 2.24) is 9.55 Å². The molecule has 3 heterocycles. The van der Waals surface area contributed by atoms with Gasteiger partial charge in [-0.15, -0.1) is 0 Å². The molecule has 4 N–H and O–H groups in total. The molecule has 1 aromatic heterocycles. The zero-order valence-electron chi connectivity index (χ0n) is 16.7. The Kier molecular flexibility index (Phi) is 6.68. The summed E-state index contributed by atoms with van der Waals surface area (Å²) in [6.45, 7) is 3.12. The Hall–Kier alpha value is -3.29. The Labute approximate surface area is 175 Å². The molecule has 0 saturated carbocycles. The molecule has 1 unspecified atom stereocenters. The van der Waals surface area contributed by atoms with E-state index in [0.29, 0.717) is 0 Å². The van der Waals surface area contributed by atoms with E-state index < -0.39 is 54.2 Å². The highest BCUT2D eigenvalue weighted by molar-refractivity contribution is 5.92. The van der Waals surface area contributed by atoms with E-state index in [1.807, 2.05) is 0 Å². The number of ether oxygens (including phenoxy) is 4. The van der Waals surface area contributed by atoms with Crippen LogP contribution in [0.25, 0.3) is 0 Å². The quantitative estimate of drug-likeness (QED) is 0.276. The number of hydrogen-bond donors (Lipinski definition) is 3. The van der Waals surface area contributed by atoms with Crippen molar-refractivity contribution in [2.45, 2.75) is 44.4 Å². The molecule has 2 aliphatic rings. The maximum atomic E-state index is 12.4. The summed E-state index contributed by atoms with van der Waals surface area (Å²) in [5.41, 5.74) is 6.66. The number of fused-ring (bicyclic) bond motifs is 1. The molecule has 5 atom stereocenters. The van der Waals surface area contributed by atoms with E-state index in [1.54, 1.807) is 19.3 Å². The number of rotatable bonds is 6. The second kappa shape index (κ2) is 9.24. The van der Waals surface area contributed by atoms with Crippen LogP contribution in [-0.2, 0) is 33.3 Å². The van der Waals surface area contributed by atoms with Crippen molar-refractivity contribution in [2.75, 3.05) is 12.1 Å². The number of anilines is 1. The predicted molar refractivity (Wildman–Crippen MR) is 100 cm³/mol. The van der Waals surface area contributed by atoms with Crippen LogP contribution in [-0.4, -0.2) is 63.6 Å². The molecule has 1 fully saturated rings. The predicted octanol–water partition coefficient (Wildman–Crippen LogP) is -1.14. The van der Waals surface area contributed by atoms with Crippen molar-refractivity contribution < 1.29 is 38.5 Å². The summed E-state index contributed by atoms with van der Waals surface area (Å²) < 4.78 is 22.6. The van der Waals surface area contributed by atoms with E-state index in [9.17, 15) is 19.2 Å². The van der Waals surface area contributed by atoms with E-state index >= 15 is 0 Å². The molecule has 3 rings (SSSR count). The Bertz CT molecular complexity index is 944. The molecule has 1 aromatic rings.